The van der Waals surface area contributed by atoms with Gasteiger partial charge in [0.1, 0.15) is 0 Å². The van der Waals surface area contributed by atoms with Gasteiger partial charge in [-0.1, -0.05) is 0 Å². The molecule has 0 unspecified atom stereocenters. The molecule has 0 bridgehead atoms. The quantitative estimate of drug-likeness (QED) is 0.661. The Balaban J connectivity index is 1.51. The van der Waals surface area contributed by atoms with E-state index < -0.39 is 0 Å². The zero-order chi connectivity index (χ0) is 10.5. The minimum absolute atomic E-state index is 0.647. The number of thiocarbonyl (C=S) groups is 1. The molecule has 2 N–H and O–H groups in total. The van der Waals surface area contributed by atoms with Crippen molar-refractivity contribution in [3.05, 3.63) is 0 Å². The Kier molecular flexibility index (Phi) is 4.17. The second-order valence-corrected chi connectivity index (χ2v) is 4.54. The van der Waals surface area contributed by atoms with Gasteiger partial charge in [-0.15, -0.1) is 0 Å². The van der Waals surface area contributed by atoms with Crippen LogP contribution in [0.25, 0.3) is 0 Å². The highest BCUT2D eigenvalue weighted by molar-refractivity contribution is 7.80. The number of rotatable bonds is 4. The van der Waals surface area contributed by atoms with Crippen molar-refractivity contribution in [3.63, 3.8) is 0 Å². The van der Waals surface area contributed by atoms with Crippen LogP contribution in [0.2, 0.25) is 0 Å². The lowest BCUT2D eigenvalue weighted by Gasteiger charge is -2.26. The van der Waals surface area contributed by atoms with Crippen molar-refractivity contribution in [3.8, 4) is 0 Å². The standard InChI is InChI=1S/C10H19N3OS/c15-10(12-9-1-2-9)11-3-4-13-5-7-14-8-6-13/h9H,1-8H2,(H2,11,12,15). The molecule has 1 aliphatic carbocycles. The van der Waals surface area contributed by atoms with E-state index in [0.717, 1.165) is 44.5 Å². The maximum absolute atomic E-state index is 5.29. The zero-order valence-electron chi connectivity index (χ0n) is 9.00. The average molecular weight is 229 g/mol. The number of nitrogens with zero attached hydrogens (tertiary/aromatic N) is 1. The molecule has 0 atom stereocenters. The Morgan fingerprint density at radius 3 is 2.73 bits per heavy atom. The Labute approximate surface area is 96.3 Å². The van der Waals surface area contributed by atoms with Crippen LogP contribution in [0.15, 0.2) is 0 Å². The number of hydrogen-bond donors (Lipinski definition) is 2. The monoisotopic (exact) mass is 229 g/mol. The molecule has 1 aliphatic heterocycles. The summed E-state index contributed by atoms with van der Waals surface area (Å²) in [5.41, 5.74) is 0. The maximum atomic E-state index is 5.29. The Hall–Kier alpha value is -0.390. The summed E-state index contributed by atoms with van der Waals surface area (Å²) in [6.07, 6.45) is 2.54. The fourth-order valence-electron chi connectivity index (χ4n) is 1.62. The van der Waals surface area contributed by atoms with Crippen molar-refractivity contribution in [2.24, 2.45) is 0 Å². The summed E-state index contributed by atoms with van der Waals surface area (Å²) in [6.45, 7) is 5.80. The first-order chi connectivity index (χ1) is 7.34. The molecule has 1 heterocycles. The lowest BCUT2D eigenvalue weighted by atomic mass is 10.4. The van der Waals surface area contributed by atoms with E-state index in [2.05, 4.69) is 15.5 Å². The van der Waals surface area contributed by atoms with Crippen LogP contribution in [0.3, 0.4) is 0 Å². The lowest BCUT2D eigenvalue weighted by Crippen LogP contribution is -2.44. The van der Waals surface area contributed by atoms with Crippen LogP contribution in [0.5, 0.6) is 0 Å². The molecule has 0 amide bonds. The highest BCUT2D eigenvalue weighted by Gasteiger charge is 2.21. The fourth-order valence-corrected chi connectivity index (χ4v) is 1.89. The van der Waals surface area contributed by atoms with E-state index >= 15 is 0 Å². The molecule has 0 radical (unpaired) electrons. The Bertz CT molecular complexity index is 215. The van der Waals surface area contributed by atoms with E-state index in [4.69, 9.17) is 17.0 Å². The molecule has 2 rings (SSSR count). The van der Waals surface area contributed by atoms with Gasteiger partial charge < -0.3 is 15.4 Å². The van der Waals surface area contributed by atoms with Crippen LogP contribution in [0.1, 0.15) is 12.8 Å². The summed E-state index contributed by atoms with van der Waals surface area (Å²) in [5.74, 6) is 0. The highest BCUT2D eigenvalue weighted by Crippen LogP contribution is 2.18. The second-order valence-electron chi connectivity index (χ2n) is 4.13. The van der Waals surface area contributed by atoms with Gasteiger partial charge in [0.2, 0.25) is 0 Å². The lowest BCUT2D eigenvalue weighted by molar-refractivity contribution is 0.0389. The Morgan fingerprint density at radius 1 is 1.33 bits per heavy atom. The third kappa shape index (κ3) is 4.32. The zero-order valence-corrected chi connectivity index (χ0v) is 9.81. The Morgan fingerprint density at radius 2 is 2.07 bits per heavy atom. The molecular weight excluding hydrogens is 210 g/mol. The van der Waals surface area contributed by atoms with Crippen LogP contribution < -0.4 is 10.6 Å². The molecule has 0 aromatic rings. The van der Waals surface area contributed by atoms with E-state index in [-0.39, 0.29) is 0 Å². The van der Waals surface area contributed by atoms with Gasteiger partial charge in [0.05, 0.1) is 13.2 Å². The SMILES string of the molecule is S=C(NCCN1CCOCC1)NC1CC1. The molecule has 0 spiro atoms. The van der Waals surface area contributed by atoms with Crippen LogP contribution in [-0.4, -0.2) is 55.4 Å². The largest absolute Gasteiger partial charge is 0.379 e. The van der Waals surface area contributed by atoms with E-state index in [0.29, 0.717) is 6.04 Å². The summed E-state index contributed by atoms with van der Waals surface area (Å²) in [6, 6.07) is 0.647. The maximum Gasteiger partial charge on any atom is 0.166 e. The van der Waals surface area contributed by atoms with Gasteiger partial charge in [-0.2, -0.15) is 0 Å². The van der Waals surface area contributed by atoms with Gasteiger partial charge in [0.15, 0.2) is 5.11 Å². The van der Waals surface area contributed by atoms with Crippen molar-refractivity contribution in [1.29, 1.82) is 0 Å². The minimum atomic E-state index is 0.647. The molecule has 1 saturated carbocycles. The summed E-state index contributed by atoms with van der Waals surface area (Å²) < 4.78 is 5.29. The predicted molar refractivity (Wildman–Crippen MR) is 64.0 cm³/mol. The molecular formula is C10H19N3OS. The van der Waals surface area contributed by atoms with Gasteiger partial charge >= 0.3 is 0 Å². The molecule has 15 heavy (non-hydrogen) atoms. The second kappa shape index (κ2) is 5.63. The summed E-state index contributed by atoms with van der Waals surface area (Å²) >= 11 is 5.17. The number of nitrogens with one attached hydrogen (secondary N) is 2. The molecule has 86 valence electrons. The van der Waals surface area contributed by atoms with E-state index in [1.165, 1.54) is 12.8 Å². The molecule has 2 aliphatic rings. The van der Waals surface area contributed by atoms with Gasteiger partial charge in [-0.05, 0) is 25.1 Å². The van der Waals surface area contributed by atoms with Crippen molar-refractivity contribution in [2.75, 3.05) is 39.4 Å². The van der Waals surface area contributed by atoms with Crippen molar-refractivity contribution in [2.45, 2.75) is 18.9 Å². The van der Waals surface area contributed by atoms with Crippen molar-refractivity contribution in [1.82, 2.24) is 15.5 Å². The normalized spacial score (nSPS) is 22.4. The van der Waals surface area contributed by atoms with E-state index in [9.17, 15) is 0 Å². The van der Waals surface area contributed by atoms with Crippen LogP contribution in [0, 0.1) is 0 Å². The first-order valence-corrected chi connectivity index (χ1v) is 6.10. The van der Waals surface area contributed by atoms with Crippen molar-refractivity contribution >= 4 is 17.3 Å². The minimum Gasteiger partial charge on any atom is -0.379 e. The smallest absolute Gasteiger partial charge is 0.166 e. The highest BCUT2D eigenvalue weighted by atomic mass is 32.1. The van der Waals surface area contributed by atoms with E-state index in [1.807, 2.05) is 0 Å². The number of hydrogen-bond acceptors (Lipinski definition) is 3. The number of morpholine rings is 1. The van der Waals surface area contributed by atoms with Gasteiger partial charge in [0.25, 0.3) is 0 Å². The summed E-state index contributed by atoms with van der Waals surface area (Å²) in [5, 5.41) is 7.32. The molecule has 1 saturated heterocycles. The predicted octanol–water partition coefficient (Wildman–Crippen LogP) is -0.0549. The van der Waals surface area contributed by atoms with Crippen LogP contribution in [-0.2, 0) is 4.74 Å². The van der Waals surface area contributed by atoms with Gasteiger partial charge in [-0.3, -0.25) is 4.90 Å². The van der Waals surface area contributed by atoms with Gasteiger partial charge in [0, 0.05) is 32.2 Å². The molecule has 2 fully saturated rings. The molecule has 5 heteroatoms. The summed E-state index contributed by atoms with van der Waals surface area (Å²) in [7, 11) is 0. The van der Waals surface area contributed by atoms with E-state index in [1.54, 1.807) is 0 Å². The molecule has 0 aromatic heterocycles. The molecule has 0 aromatic carbocycles. The van der Waals surface area contributed by atoms with Crippen LogP contribution in [0.4, 0.5) is 0 Å². The number of ether oxygens (including phenoxy) is 1. The third-order valence-corrected chi connectivity index (χ3v) is 2.99. The topological polar surface area (TPSA) is 36.5 Å². The summed E-state index contributed by atoms with van der Waals surface area (Å²) in [4.78, 5) is 2.40. The average Bonchev–Trinajstić information content (AvgIpc) is 3.03. The van der Waals surface area contributed by atoms with Gasteiger partial charge in [-0.25, -0.2) is 0 Å². The van der Waals surface area contributed by atoms with Crippen LogP contribution >= 0.6 is 12.2 Å². The van der Waals surface area contributed by atoms with Crippen molar-refractivity contribution < 1.29 is 4.74 Å². The first kappa shape index (κ1) is 11.1. The third-order valence-electron chi connectivity index (χ3n) is 2.73. The first-order valence-electron chi connectivity index (χ1n) is 5.69. The molecule has 4 nitrogen and oxygen atoms in total. The fraction of sp³-hybridized carbons (Fsp3) is 0.900.